The zero-order chi connectivity index (χ0) is 60.3. The molecule has 83 heavy (non-hydrogen) atoms. The van der Waals surface area contributed by atoms with E-state index in [1.54, 1.807) is 6.08 Å². The molecule has 11 nitrogen and oxygen atoms in total. The van der Waals surface area contributed by atoms with Gasteiger partial charge in [0, 0.05) is 6.42 Å². The van der Waals surface area contributed by atoms with Crippen molar-refractivity contribution in [1.29, 1.82) is 0 Å². The van der Waals surface area contributed by atoms with E-state index in [1.807, 2.05) is 6.08 Å². The number of allylic oxidation sites excluding steroid dienone is 17. The van der Waals surface area contributed by atoms with E-state index in [0.717, 1.165) is 103 Å². The highest BCUT2D eigenvalue weighted by molar-refractivity contribution is 5.80. The number of hydrogen-bond acceptors (Lipinski definition) is 10. The molecule has 0 bridgehead atoms. The van der Waals surface area contributed by atoms with Crippen molar-refractivity contribution in [3.63, 3.8) is 0 Å². The first-order chi connectivity index (χ1) is 40.7. The van der Waals surface area contributed by atoms with E-state index in [-0.39, 0.29) is 19.4 Å². The number of aliphatic hydroxyl groups excluding tert-OH is 5. The summed E-state index contributed by atoms with van der Waals surface area (Å²) in [7, 11) is 0. The van der Waals surface area contributed by atoms with Gasteiger partial charge in [0.05, 0.1) is 25.4 Å². The van der Waals surface area contributed by atoms with E-state index in [1.165, 1.54) is 122 Å². The van der Waals surface area contributed by atoms with E-state index in [2.05, 4.69) is 123 Å². The minimum atomic E-state index is -1.64. The standard InChI is InChI=1S/C72H123NO10/c1-4-7-10-13-16-19-22-24-26-28-30-32-34-35-37-39-41-44-47-50-53-56-59-65(76)71(80)73-63(64(75)58-55-52-49-46-43-21-18-15-12-9-6-3)62-81-72-70(69(79)68(78)66(61-74)82-72)83-67(77)60-57-54-51-48-45-42-40-38-36-33-31-29-27-25-23-20-17-14-11-8-5-2/h8,11,16-17,19-20,24-27,31,33,38,40,45,48,55,58,63-66,68-70,72,74-76,78-79H,4-7,9-10,12-15,18,21-23,28-30,32,34-37,39,41-44,46-47,49-54,56-57,59-62H2,1-3H3,(H,73,80)/b11-8-,19-16-,20-17-,26-24-,27-25-,33-31-,40-38-,48-45-,58-55+. The van der Waals surface area contributed by atoms with E-state index >= 15 is 0 Å². The number of carbonyl (C=O) groups excluding carboxylic acids is 2. The highest BCUT2D eigenvalue weighted by Crippen LogP contribution is 2.26. The van der Waals surface area contributed by atoms with Gasteiger partial charge in [-0.1, -0.05) is 265 Å². The molecule has 1 rings (SSSR count). The first kappa shape index (κ1) is 77.3. The van der Waals surface area contributed by atoms with E-state index in [9.17, 15) is 35.1 Å². The Balaban J connectivity index is 2.63. The molecule has 1 aliphatic heterocycles. The zero-order valence-electron chi connectivity index (χ0n) is 52.8. The second kappa shape index (κ2) is 58.7. The molecule has 8 unspecified atom stereocenters. The normalized spacial score (nSPS) is 19.3. The second-order valence-corrected chi connectivity index (χ2v) is 22.8. The number of carbonyl (C=O) groups is 2. The molecule has 1 fully saturated rings. The molecule has 8 atom stereocenters. The van der Waals surface area contributed by atoms with Crippen LogP contribution in [0.1, 0.15) is 271 Å². The van der Waals surface area contributed by atoms with Gasteiger partial charge in [-0.3, -0.25) is 9.59 Å². The van der Waals surface area contributed by atoms with E-state index in [0.29, 0.717) is 12.8 Å². The SMILES string of the molecule is CC/C=C\C/C=C\C/C=C\C/C=C\C/C=C\C/C=C\CCCCC(=O)OC1C(OCC(NC(=O)C(O)CCCCCCCCCCCCCC/C=C\C/C=C\CCCCC)C(O)/C=C/CCCCCCCCCCC)OC(CO)C(O)C1O. The second-order valence-electron chi connectivity index (χ2n) is 22.8. The summed E-state index contributed by atoms with van der Waals surface area (Å²) in [5.74, 6) is -1.24. The Morgan fingerprint density at radius 3 is 1.33 bits per heavy atom. The molecule has 6 N–H and O–H groups in total. The van der Waals surface area contributed by atoms with Crippen LogP contribution >= 0.6 is 0 Å². The molecule has 0 aromatic carbocycles. The van der Waals surface area contributed by atoms with Crippen molar-refractivity contribution in [2.24, 2.45) is 0 Å². The molecule has 1 saturated heterocycles. The maximum atomic E-state index is 13.5. The van der Waals surface area contributed by atoms with Gasteiger partial charge < -0.3 is 45.1 Å². The molecule has 11 heteroatoms. The van der Waals surface area contributed by atoms with Crippen molar-refractivity contribution in [1.82, 2.24) is 5.32 Å². The fraction of sp³-hybridized carbons (Fsp3) is 0.722. The summed E-state index contributed by atoms with van der Waals surface area (Å²) in [6, 6.07) is -1.04. The van der Waals surface area contributed by atoms with Gasteiger partial charge >= 0.3 is 5.97 Å². The van der Waals surface area contributed by atoms with Crippen molar-refractivity contribution >= 4 is 11.9 Å². The molecule has 476 valence electrons. The molecule has 0 aromatic heterocycles. The quantitative estimate of drug-likeness (QED) is 0.0195. The van der Waals surface area contributed by atoms with Crippen LogP contribution in [0.5, 0.6) is 0 Å². The van der Waals surface area contributed by atoms with Crippen LogP contribution in [0.2, 0.25) is 0 Å². The molecule has 0 spiro atoms. The number of ether oxygens (including phenoxy) is 3. The lowest BCUT2D eigenvalue weighted by atomic mass is 9.99. The van der Waals surface area contributed by atoms with Gasteiger partial charge in [-0.2, -0.15) is 0 Å². The van der Waals surface area contributed by atoms with Crippen molar-refractivity contribution in [2.75, 3.05) is 13.2 Å². The van der Waals surface area contributed by atoms with Crippen LogP contribution in [0.4, 0.5) is 0 Å². The Hall–Kier alpha value is -3.68. The summed E-state index contributed by atoms with van der Waals surface area (Å²) in [5.41, 5.74) is 0. The van der Waals surface area contributed by atoms with Gasteiger partial charge in [-0.25, -0.2) is 0 Å². The molecule has 0 aromatic rings. The Labute approximate surface area is 507 Å². The van der Waals surface area contributed by atoms with Crippen LogP contribution in [0.15, 0.2) is 109 Å². The van der Waals surface area contributed by atoms with Gasteiger partial charge in [-0.15, -0.1) is 0 Å². The molecule has 1 amide bonds. The first-order valence-corrected chi connectivity index (χ1v) is 33.7. The summed E-state index contributed by atoms with van der Waals surface area (Å²) in [4.78, 5) is 26.6. The molecule has 1 heterocycles. The lowest BCUT2D eigenvalue weighted by Crippen LogP contribution is -2.61. The molecular formula is C72H123NO10. The summed E-state index contributed by atoms with van der Waals surface area (Å²) >= 11 is 0. The first-order valence-electron chi connectivity index (χ1n) is 33.7. The minimum Gasteiger partial charge on any atom is -0.454 e. The third-order valence-corrected chi connectivity index (χ3v) is 15.2. The topological polar surface area (TPSA) is 175 Å². The monoisotopic (exact) mass is 1160 g/mol. The molecule has 0 radical (unpaired) electrons. The predicted octanol–water partition coefficient (Wildman–Crippen LogP) is 16.8. The van der Waals surface area contributed by atoms with Crippen molar-refractivity contribution in [3.05, 3.63) is 109 Å². The number of hydrogen-bond donors (Lipinski definition) is 6. The average Bonchev–Trinajstić information content (AvgIpc) is 3.69. The average molecular weight is 1160 g/mol. The number of amides is 1. The van der Waals surface area contributed by atoms with E-state index in [4.69, 9.17) is 14.2 Å². The van der Waals surface area contributed by atoms with Crippen LogP contribution in [-0.2, 0) is 23.8 Å². The fourth-order valence-corrected chi connectivity index (χ4v) is 9.86. The van der Waals surface area contributed by atoms with Gasteiger partial charge in [0.25, 0.3) is 0 Å². The summed E-state index contributed by atoms with van der Waals surface area (Å²) in [6.45, 7) is 5.63. The van der Waals surface area contributed by atoms with Gasteiger partial charge in [0.15, 0.2) is 12.4 Å². The Morgan fingerprint density at radius 2 is 0.867 bits per heavy atom. The Morgan fingerprint density at radius 1 is 0.482 bits per heavy atom. The number of unbranched alkanes of at least 4 members (excludes halogenated alkanes) is 26. The third kappa shape index (κ3) is 46.2. The van der Waals surface area contributed by atoms with Crippen LogP contribution < -0.4 is 5.32 Å². The Kier molecular flexibility index (Phi) is 54.7. The summed E-state index contributed by atoms with van der Waals surface area (Å²) in [6.07, 6.45) is 69.8. The zero-order valence-corrected chi connectivity index (χ0v) is 52.8. The largest absolute Gasteiger partial charge is 0.454 e. The maximum absolute atomic E-state index is 13.5. The number of nitrogens with one attached hydrogen (secondary N) is 1. The van der Waals surface area contributed by atoms with Gasteiger partial charge in [-0.05, 0) is 109 Å². The predicted molar refractivity (Wildman–Crippen MR) is 347 cm³/mol. The van der Waals surface area contributed by atoms with Gasteiger partial charge in [0.1, 0.15) is 24.4 Å². The highest BCUT2D eigenvalue weighted by Gasteiger charge is 2.47. The van der Waals surface area contributed by atoms with Crippen LogP contribution in [0.3, 0.4) is 0 Å². The van der Waals surface area contributed by atoms with E-state index < -0.39 is 67.4 Å². The summed E-state index contributed by atoms with van der Waals surface area (Å²) in [5, 5.41) is 57.1. The minimum absolute atomic E-state index is 0.0636. The molecular weight excluding hydrogens is 1040 g/mol. The van der Waals surface area contributed by atoms with Crippen LogP contribution in [0, 0.1) is 0 Å². The number of esters is 1. The smallest absolute Gasteiger partial charge is 0.306 e. The van der Waals surface area contributed by atoms with Crippen LogP contribution in [0.25, 0.3) is 0 Å². The lowest BCUT2D eigenvalue weighted by Gasteiger charge is -2.41. The van der Waals surface area contributed by atoms with Crippen molar-refractivity contribution in [3.8, 4) is 0 Å². The van der Waals surface area contributed by atoms with Crippen LogP contribution in [-0.4, -0.2) is 99.6 Å². The number of aliphatic hydroxyl groups is 5. The fourth-order valence-electron chi connectivity index (χ4n) is 9.86. The van der Waals surface area contributed by atoms with Crippen molar-refractivity contribution in [2.45, 2.75) is 320 Å². The number of rotatable bonds is 56. The van der Waals surface area contributed by atoms with Crippen molar-refractivity contribution < 1.29 is 49.3 Å². The molecule has 0 saturated carbocycles. The Bertz CT molecular complexity index is 1770. The third-order valence-electron chi connectivity index (χ3n) is 15.2. The van der Waals surface area contributed by atoms with Gasteiger partial charge in [0.2, 0.25) is 5.91 Å². The molecule has 0 aliphatic carbocycles. The summed E-state index contributed by atoms with van der Waals surface area (Å²) < 4.78 is 17.6. The molecule has 1 aliphatic rings. The maximum Gasteiger partial charge on any atom is 0.306 e. The lowest BCUT2D eigenvalue weighted by molar-refractivity contribution is -0.305. The highest BCUT2D eigenvalue weighted by atomic mass is 16.7.